The first kappa shape index (κ1) is 16.6. The maximum atomic E-state index is 11.5. The van der Waals surface area contributed by atoms with E-state index in [1.54, 1.807) is 0 Å². The van der Waals surface area contributed by atoms with E-state index >= 15 is 0 Å². The van der Waals surface area contributed by atoms with Crippen LogP contribution in [0.25, 0.3) is 0 Å². The molecular formula is C14H18O8. The van der Waals surface area contributed by atoms with Gasteiger partial charge in [0, 0.05) is 0 Å². The average Bonchev–Trinajstić information content (AvgIpc) is 2.92. The van der Waals surface area contributed by atoms with E-state index in [1.165, 1.54) is 13.8 Å². The molecule has 0 bridgehead atoms. The highest BCUT2D eigenvalue weighted by molar-refractivity contribution is 5.94. The van der Waals surface area contributed by atoms with Crippen LogP contribution in [0.3, 0.4) is 0 Å². The van der Waals surface area contributed by atoms with Crippen LogP contribution in [0.15, 0.2) is 0 Å². The molecule has 0 aromatic carbocycles. The van der Waals surface area contributed by atoms with Gasteiger partial charge in [0.25, 0.3) is 0 Å². The molecule has 0 radical (unpaired) electrons. The summed E-state index contributed by atoms with van der Waals surface area (Å²) in [5.41, 5.74) is 0. The zero-order chi connectivity index (χ0) is 16.3. The lowest BCUT2D eigenvalue weighted by atomic mass is 10.1. The van der Waals surface area contributed by atoms with Crippen LogP contribution >= 0.6 is 0 Å². The summed E-state index contributed by atoms with van der Waals surface area (Å²) < 4.78 is 21.2. The predicted molar refractivity (Wildman–Crippen MR) is 69.8 cm³/mol. The minimum atomic E-state index is -0.637. The summed E-state index contributed by atoms with van der Waals surface area (Å²) in [4.78, 5) is 44.7. The SMILES string of the molecule is CC(=O)CC(=O)OC1COC2C(OC(=O)CC(C)=O)COC12. The molecule has 0 N–H and O–H groups in total. The Morgan fingerprint density at radius 2 is 1.18 bits per heavy atom. The molecule has 0 aromatic rings. The number of rotatable bonds is 6. The Kier molecular flexibility index (Phi) is 5.25. The number of hydrogen-bond acceptors (Lipinski definition) is 8. The van der Waals surface area contributed by atoms with E-state index in [0.717, 1.165) is 0 Å². The molecule has 22 heavy (non-hydrogen) atoms. The third-order valence-corrected chi connectivity index (χ3v) is 3.31. The summed E-state index contributed by atoms with van der Waals surface area (Å²) in [6, 6.07) is 0. The summed E-state index contributed by atoms with van der Waals surface area (Å²) in [5, 5.41) is 0. The summed E-state index contributed by atoms with van der Waals surface area (Å²) in [6.45, 7) is 2.82. The fourth-order valence-corrected chi connectivity index (χ4v) is 2.46. The highest BCUT2D eigenvalue weighted by atomic mass is 16.7. The van der Waals surface area contributed by atoms with Crippen molar-refractivity contribution in [3.8, 4) is 0 Å². The van der Waals surface area contributed by atoms with Gasteiger partial charge < -0.3 is 18.9 Å². The van der Waals surface area contributed by atoms with Crippen LogP contribution in [0.5, 0.6) is 0 Å². The van der Waals surface area contributed by atoms with Gasteiger partial charge in [-0.2, -0.15) is 0 Å². The Hall–Kier alpha value is -1.80. The maximum absolute atomic E-state index is 11.5. The number of fused-ring (bicyclic) bond motifs is 1. The molecule has 4 atom stereocenters. The van der Waals surface area contributed by atoms with Gasteiger partial charge in [0.15, 0.2) is 12.2 Å². The van der Waals surface area contributed by atoms with Crippen molar-refractivity contribution in [1.29, 1.82) is 0 Å². The van der Waals surface area contributed by atoms with E-state index in [1.807, 2.05) is 0 Å². The number of carbonyl (C=O) groups is 4. The molecule has 122 valence electrons. The molecule has 0 spiro atoms. The molecule has 2 aliphatic heterocycles. The van der Waals surface area contributed by atoms with Gasteiger partial charge >= 0.3 is 11.9 Å². The Balaban J connectivity index is 1.86. The van der Waals surface area contributed by atoms with E-state index < -0.39 is 36.4 Å². The smallest absolute Gasteiger partial charge is 0.313 e. The lowest BCUT2D eigenvalue weighted by Crippen LogP contribution is -2.36. The monoisotopic (exact) mass is 314 g/mol. The first-order valence-electron chi connectivity index (χ1n) is 6.98. The van der Waals surface area contributed by atoms with Gasteiger partial charge in [-0.1, -0.05) is 0 Å². The highest BCUT2D eigenvalue weighted by Crippen LogP contribution is 2.30. The van der Waals surface area contributed by atoms with E-state index in [9.17, 15) is 19.2 Å². The van der Waals surface area contributed by atoms with Crippen LogP contribution in [-0.2, 0) is 38.1 Å². The lowest BCUT2D eigenvalue weighted by molar-refractivity contribution is -0.156. The number of Topliss-reactive ketones (excluding diaryl/α,β-unsaturated/α-hetero) is 2. The van der Waals surface area contributed by atoms with Crippen molar-refractivity contribution in [3.63, 3.8) is 0 Å². The predicted octanol–water partition coefficient (Wildman–Crippen LogP) is -0.434. The fraction of sp³-hybridized carbons (Fsp3) is 0.714. The van der Waals surface area contributed by atoms with Crippen molar-refractivity contribution < 1.29 is 38.1 Å². The molecule has 0 saturated carbocycles. The van der Waals surface area contributed by atoms with Gasteiger partial charge in [0.05, 0.1) is 13.2 Å². The van der Waals surface area contributed by atoms with E-state index in [4.69, 9.17) is 18.9 Å². The molecule has 2 aliphatic rings. The normalized spacial score (nSPS) is 29.7. The van der Waals surface area contributed by atoms with Crippen LogP contribution in [0, 0.1) is 0 Å². The minimum Gasteiger partial charge on any atom is -0.457 e. The molecular weight excluding hydrogens is 296 g/mol. The Labute approximate surface area is 127 Å². The Bertz CT molecular complexity index is 441. The van der Waals surface area contributed by atoms with E-state index in [-0.39, 0.29) is 37.6 Å². The third kappa shape index (κ3) is 4.11. The molecule has 8 nitrogen and oxygen atoms in total. The van der Waals surface area contributed by atoms with Crippen molar-refractivity contribution >= 4 is 23.5 Å². The summed E-state index contributed by atoms with van der Waals surface area (Å²) in [5.74, 6) is -1.85. The number of ether oxygens (including phenoxy) is 4. The van der Waals surface area contributed by atoms with Crippen molar-refractivity contribution in [2.24, 2.45) is 0 Å². The zero-order valence-corrected chi connectivity index (χ0v) is 12.4. The van der Waals surface area contributed by atoms with Crippen LogP contribution in [0.2, 0.25) is 0 Å². The lowest BCUT2D eigenvalue weighted by Gasteiger charge is -2.17. The Morgan fingerprint density at radius 1 is 0.818 bits per heavy atom. The van der Waals surface area contributed by atoms with Gasteiger partial charge in [0.1, 0.15) is 36.6 Å². The molecule has 2 heterocycles. The zero-order valence-electron chi connectivity index (χ0n) is 12.4. The average molecular weight is 314 g/mol. The largest absolute Gasteiger partial charge is 0.457 e. The quantitative estimate of drug-likeness (QED) is 0.480. The number of hydrogen-bond donors (Lipinski definition) is 0. The second-order valence-corrected chi connectivity index (χ2v) is 5.41. The standard InChI is InChI=1S/C14H18O8/c1-7(15)3-11(17)21-9-5-19-14-10(6-20-13(9)14)22-12(18)4-8(2)16/h9-10,13-14H,3-6H2,1-2H3. The Morgan fingerprint density at radius 3 is 1.50 bits per heavy atom. The van der Waals surface area contributed by atoms with Crippen LogP contribution < -0.4 is 0 Å². The minimum absolute atomic E-state index is 0.111. The highest BCUT2D eigenvalue weighted by Gasteiger charge is 2.51. The number of ketones is 2. The van der Waals surface area contributed by atoms with Crippen LogP contribution in [0.1, 0.15) is 26.7 Å². The fourth-order valence-electron chi connectivity index (χ4n) is 2.46. The van der Waals surface area contributed by atoms with Crippen LogP contribution in [-0.4, -0.2) is 61.1 Å². The molecule has 8 heteroatoms. The van der Waals surface area contributed by atoms with Crippen molar-refractivity contribution in [1.82, 2.24) is 0 Å². The first-order valence-corrected chi connectivity index (χ1v) is 6.98. The molecule has 2 saturated heterocycles. The van der Waals surface area contributed by atoms with Crippen LogP contribution in [0.4, 0.5) is 0 Å². The van der Waals surface area contributed by atoms with Gasteiger partial charge in [-0.15, -0.1) is 0 Å². The van der Waals surface area contributed by atoms with Gasteiger partial charge in [-0.25, -0.2) is 0 Å². The van der Waals surface area contributed by atoms with Crippen molar-refractivity contribution in [3.05, 3.63) is 0 Å². The molecule has 2 fully saturated rings. The van der Waals surface area contributed by atoms with Crippen molar-refractivity contribution in [2.45, 2.75) is 51.1 Å². The molecule has 4 unspecified atom stereocenters. The van der Waals surface area contributed by atoms with E-state index in [2.05, 4.69) is 0 Å². The maximum Gasteiger partial charge on any atom is 0.313 e. The number of esters is 2. The third-order valence-electron chi connectivity index (χ3n) is 3.31. The molecule has 0 aromatic heterocycles. The summed E-state index contributed by atoms with van der Waals surface area (Å²) >= 11 is 0. The van der Waals surface area contributed by atoms with Gasteiger partial charge in [-0.05, 0) is 13.8 Å². The first-order chi connectivity index (χ1) is 10.4. The second kappa shape index (κ2) is 6.97. The molecule has 2 rings (SSSR count). The molecule has 0 aliphatic carbocycles. The summed E-state index contributed by atoms with van der Waals surface area (Å²) in [7, 11) is 0. The van der Waals surface area contributed by atoms with Gasteiger partial charge in [-0.3, -0.25) is 19.2 Å². The summed E-state index contributed by atoms with van der Waals surface area (Å²) in [6.07, 6.45) is -2.94. The topological polar surface area (TPSA) is 105 Å². The van der Waals surface area contributed by atoms with E-state index in [0.29, 0.717) is 0 Å². The van der Waals surface area contributed by atoms with Crippen molar-refractivity contribution in [2.75, 3.05) is 13.2 Å². The number of carbonyl (C=O) groups excluding carboxylic acids is 4. The molecule has 0 amide bonds. The second-order valence-electron chi connectivity index (χ2n) is 5.41. The van der Waals surface area contributed by atoms with Gasteiger partial charge in [0.2, 0.25) is 0 Å².